The summed E-state index contributed by atoms with van der Waals surface area (Å²) in [5.41, 5.74) is 5.30. The fourth-order valence-corrected chi connectivity index (χ4v) is 3.96. The summed E-state index contributed by atoms with van der Waals surface area (Å²) in [6.45, 7) is 0.413. The number of nitrogens with zero attached hydrogens (tertiary/aromatic N) is 3. The highest BCUT2D eigenvalue weighted by molar-refractivity contribution is 5.92. The Kier molecular flexibility index (Phi) is 4.78. The Balaban J connectivity index is 1.78. The molecule has 9 heteroatoms. The average Bonchev–Trinajstić information content (AvgIpc) is 3.49. The van der Waals surface area contributed by atoms with Gasteiger partial charge in [-0.3, -0.25) is 9.18 Å². The summed E-state index contributed by atoms with van der Waals surface area (Å²) < 4.78 is 29.1. The normalized spacial score (nSPS) is 22.6. The number of carboxylic acids is 1. The zero-order valence-electron chi connectivity index (χ0n) is 15.3. The van der Waals surface area contributed by atoms with Gasteiger partial charge in [0.2, 0.25) is 5.43 Å². The molecule has 1 saturated heterocycles. The Labute approximate surface area is 159 Å². The summed E-state index contributed by atoms with van der Waals surface area (Å²) in [7, 11) is 0. The number of rotatable bonds is 5. The summed E-state index contributed by atoms with van der Waals surface area (Å²) in [4.78, 5) is 30.0. The van der Waals surface area contributed by atoms with Gasteiger partial charge in [-0.05, 0) is 37.7 Å². The van der Waals surface area contributed by atoms with Crippen LogP contribution in [0.3, 0.4) is 0 Å². The van der Waals surface area contributed by atoms with Crippen molar-refractivity contribution in [3.05, 3.63) is 33.9 Å². The third-order valence-corrected chi connectivity index (χ3v) is 5.70. The molecule has 0 bridgehead atoms. The van der Waals surface area contributed by atoms with Gasteiger partial charge in [0.1, 0.15) is 11.2 Å². The first-order chi connectivity index (χ1) is 13.4. The molecule has 2 fully saturated rings. The highest BCUT2D eigenvalue weighted by Gasteiger charge is 2.31. The van der Waals surface area contributed by atoms with E-state index >= 15 is 0 Å². The summed E-state index contributed by atoms with van der Waals surface area (Å²) in [6.07, 6.45) is 4.04. The lowest BCUT2D eigenvalue weighted by Gasteiger charge is -2.37. The molecule has 2 aromatic heterocycles. The number of aromatic nitrogens is 2. The number of nitrogens with two attached hydrogens (primary N) is 1. The number of pyridine rings is 2. The summed E-state index contributed by atoms with van der Waals surface area (Å²) >= 11 is 0. The largest absolute Gasteiger partial charge is 0.477 e. The van der Waals surface area contributed by atoms with Crippen LogP contribution in [0.15, 0.2) is 17.1 Å². The number of piperidine rings is 1. The van der Waals surface area contributed by atoms with Gasteiger partial charge >= 0.3 is 5.97 Å². The van der Waals surface area contributed by atoms with Crippen LogP contribution in [0.5, 0.6) is 0 Å². The van der Waals surface area contributed by atoms with Crippen molar-refractivity contribution < 1.29 is 18.7 Å². The van der Waals surface area contributed by atoms with Gasteiger partial charge in [-0.2, -0.15) is 0 Å². The van der Waals surface area contributed by atoms with Gasteiger partial charge in [0.05, 0.1) is 12.1 Å². The Hall–Kier alpha value is -2.55. The van der Waals surface area contributed by atoms with Gasteiger partial charge in [0, 0.05) is 31.4 Å². The molecule has 0 radical (unpaired) electrons. The molecule has 0 amide bonds. The molecule has 150 valence electrons. The van der Waals surface area contributed by atoms with Crippen LogP contribution in [0, 0.1) is 11.7 Å². The molecule has 0 spiro atoms. The molecule has 4 rings (SSSR count). The van der Waals surface area contributed by atoms with Gasteiger partial charge in [0.15, 0.2) is 11.6 Å². The number of anilines is 1. The highest BCUT2D eigenvalue weighted by atomic mass is 19.1. The number of hydrogen-bond acceptors (Lipinski definition) is 5. The fourth-order valence-electron chi connectivity index (χ4n) is 3.96. The molecule has 1 aliphatic heterocycles. The highest BCUT2D eigenvalue weighted by Crippen LogP contribution is 2.37. The minimum absolute atomic E-state index is 0.0373. The van der Waals surface area contributed by atoms with Crippen LogP contribution in [0.25, 0.3) is 11.0 Å². The van der Waals surface area contributed by atoms with Gasteiger partial charge in [0.25, 0.3) is 0 Å². The number of fused-ring (bicyclic) bond motifs is 1. The van der Waals surface area contributed by atoms with E-state index in [1.807, 2.05) is 0 Å². The number of alkyl halides is 1. The van der Waals surface area contributed by atoms with Crippen molar-refractivity contribution in [2.45, 2.75) is 37.8 Å². The van der Waals surface area contributed by atoms with Gasteiger partial charge in [-0.15, -0.1) is 0 Å². The Morgan fingerprint density at radius 1 is 1.36 bits per heavy atom. The van der Waals surface area contributed by atoms with Crippen LogP contribution in [-0.4, -0.2) is 46.4 Å². The predicted octanol–water partition coefficient (Wildman–Crippen LogP) is 2.08. The molecule has 1 aliphatic carbocycles. The molecule has 2 aromatic rings. The second-order valence-corrected chi connectivity index (χ2v) is 7.62. The lowest BCUT2D eigenvalue weighted by atomic mass is 9.90. The maximum absolute atomic E-state index is 14.8. The molecule has 7 nitrogen and oxygen atoms in total. The minimum atomic E-state index is -1.34. The Bertz CT molecular complexity index is 989. The van der Waals surface area contributed by atoms with E-state index in [-0.39, 0.29) is 40.4 Å². The molecule has 1 saturated carbocycles. The molecule has 28 heavy (non-hydrogen) atoms. The Morgan fingerprint density at radius 3 is 2.71 bits per heavy atom. The maximum Gasteiger partial charge on any atom is 0.341 e. The van der Waals surface area contributed by atoms with Crippen molar-refractivity contribution in [3.63, 3.8) is 0 Å². The van der Waals surface area contributed by atoms with Crippen molar-refractivity contribution >= 4 is 22.8 Å². The number of carbonyl (C=O) groups is 1. The summed E-state index contributed by atoms with van der Waals surface area (Å²) in [5.74, 6) is -1.89. The van der Waals surface area contributed by atoms with Crippen LogP contribution >= 0.6 is 0 Å². The third kappa shape index (κ3) is 3.23. The smallest absolute Gasteiger partial charge is 0.341 e. The van der Waals surface area contributed by atoms with E-state index in [9.17, 15) is 23.5 Å². The molecule has 0 aromatic carbocycles. The predicted molar refractivity (Wildman–Crippen MR) is 100 cm³/mol. The molecular formula is C19H22F2N4O3. The topological polar surface area (TPSA) is 101 Å². The first-order valence-corrected chi connectivity index (χ1v) is 9.46. The van der Waals surface area contributed by atoms with Crippen molar-refractivity contribution in [2.75, 3.05) is 24.7 Å². The first kappa shape index (κ1) is 18.8. The lowest BCUT2D eigenvalue weighted by Crippen LogP contribution is -2.49. The molecule has 0 unspecified atom stereocenters. The van der Waals surface area contributed by atoms with E-state index < -0.39 is 23.9 Å². The van der Waals surface area contributed by atoms with E-state index in [1.54, 1.807) is 9.47 Å². The summed E-state index contributed by atoms with van der Waals surface area (Å²) in [6, 6.07) is 0.843. The average molecular weight is 392 g/mol. The standard InChI is InChI=1S/C19H22F2N4O3/c20-5-3-10-4-6-24(9-15(10)22)18-14(21)7-12-16(26)13(19(27)28)8-25(11-1-2-11)17(12)23-18/h7-8,10-11,15H,1-6,9,22H2,(H,27,28)/t10-,15-/m0/s1. The van der Waals surface area contributed by atoms with Crippen molar-refractivity contribution in [1.82, 2.24) is 9.55 Å². The van der Waals surface area contributed by atoms with Crippen LogP contribution in [0.2, 0.25) is 0 Å². The zero-order chi connectivity index (χ0) is 20.0. The molecule has 3 heterocycles. The van der Waals surface area contributed by atoms with Crippen molar-refractivity contribution in [1.29, 1.82) is 0 Å². The lowest BCUT2D eigenvalue weighted by molar-refractivity contribution is 0.0695. The second-order valence-electron chi connectivity index (χ2n) is 7.62. The zero-order valence-corrected chi connectivity index (χ0v) is 15.3. The monoisotopic (exact) mass is 392 g/mol. The van der Waals surface area contributed by atoms with Crippen LogP contribution < -0.4 is 16.1 Å². The van der Waals surface area contributed by atoms with Crippen molar-refractivity contribution in [2.24, 2.45) is 11.7 Å². The van der Waals surface area contributed by atoms with Crippen LogP contribution in [0.1, 0.15) is 42.1 Å². The molecule has 3 N–H and O–H groups in total. The number of hydrogen-bond donors (Lipinski definition) is 2. The first-order valence-electron chi connectivity index (χ1n) is 9.46. The second kappa shape index (κ2) is 7.12. The molecule has 2 atom stereocenters. The van der Waals surface area contributed by atoms with E-state index in [2.05, 4.69) is 4.98 Å². The van der Waals surface area contributed by atoms with Crippen LogP contribution in [-0.2, 0) is 0 Å². The van der Waals surface area contributed by atoms with Gasteiger partial charge in [-0.1, -0.05) is 0 Å². The van der Waals surface area contributed by atoms with E-state index in [1.165, 1.54) is 6.20 Å². The SMILES string of the molecule is N[C@H]1CN(c2nc3c(cc2F)c(=O)c(C(=O)O)cn3C2CC2)CC[C@@H]1CCF. The van der Waals surface area contributed by atoms with E-state index in [0.717, 1.165) is 18.9 Å². The molecule has 2 aliphatic rings. The van der Waals surface area contributed by atoms with Gasteiger partial charge < -0.3 is 20.3 Å². The minimum Gasteiger partial charge on any atom is -0.477 e. The third-order valence-electron chi connectivity index (χ3n) is 5.70. The van der Waals surface area contributed by atoms with E-state index in [0.29, 0.717) is 25.9 Å². The molecular weight excluding hydrogens is 370 g/mol. The number of halogens is 2. The maximum atomic E-state index is 14.8. The Morgan fingerprint density at radius 2 is 2.11 bits per heavy atom. The van der Waals surface area contributed by atoms with Gasteiger partial charge in [-0.25, -0.2) is 14.2 Å². The number of aromatic carboxylic acids is 1. The van der Waals surface area contributed by atoms with Crippen LogP contribution in [0.4, 0.5) is 14.6 Å². The van der Waals surface area contributed by atoms with E-state index in [4.69, 9.17) is 5.73 Å². The van der Waals surface area contributed by atoms with Crippen molar-refractivity contribution in [3.8, 4) is 0 Å². The number of carboxylic acid groups (broad SMARTS) is 1. The fraction of sp³-hybridized carbons (Fsp3) is 0.526. The quantitative estimate of drug-likeness (QED) is 0.808. The summed E-state index contributed by atoms with van der Waals surface area (Å²) in [5, 5.41) is 9.26.